The number of rotatable bonds is 7. The van der Waals surface area contributed by atoms with Crippen LogP contribution in [0, 0.1) is 0 Å². The molecule has 0 amide bonds. The SMILES string of the molecule is CCCC(NS(=O)(=O)c1ccc(OC)cc1Cl)C(=O)O. The molecule has 1 atom stereocenters. The van der Waals surface area contributed by atoms with Gasteiger partial charge in [-0.3, -0.25) is 4.79 Å². The van der Waals surface area contributed by atoms with Crippen LogP contribution in [-0.4, -0.2) is 32.6 Å². The molecule has 1 rings (SSSR count). The molecule has 0 fully saturated rings. The van der Waals surface area contributed by atoms with E-state index in [1.165, 1.54) is 25.3 Å². The van der Waals surface area contributed by atoms with Gasteiger partial charge in [-0.1, -0.05) is 24.9 Å². The Morgan fingerprint density at radius 3 is 2.60 bits per heavy atom. The van der Waals surface area contributed by atoms with Crippen molar-refractivity contribution in [1.29, 1.82) is 0 Å². The van der Waals surface area contributed by atoms with Gasteiger partial charge in [-0.15, -0.1) is 0 Å². The zero-order valence-electron chi connectivity index (χ0n) is 11.1. The lowest BCUT2D eigenvalue weighted by atomic mass is 10.2. The fourth-order valence-corrected chi connectivity index (χ4v) is 3.36. The number of methoxy groups -OCH3 is 1. The molecule has 0 heterocycles. The molecule has 0 aromatic heterocycles. The number of benzene rings is 1. The van der Waals surface area contributed by atoms with Crippen molar-refractivity contribution in [2.75, 3.05) is 7.11 Å². The van der Waals surface area contributed by atoms with Crippen LogP contribution >= 0.6 is 11.6 Å². The van der Waals surface area contributed by atoms with Crippen LogP contribution in [0.25, 0.3) is 0 Å². The number of hydrogen-bond acceptors (Lipinski definition) is 4. The Hall–Kier alpha value is -1.31. The molecule has 0 aliphatic carbocycles. The molecule has 0 saturated heterocycles. The molecule has 112 valence electrons. The highest BCUT2D eigenvalue weighted by molar-refractivity contribution is 7.89. The van der Waals surface area contributed by atoms with Crippen molar-refractivity contribution in [3.8, 4) is 5.75 Å². The number of sulfonamides is 1. The monoisotopic (exact) mass is 321 g/mol. The van der Waals surface area contributed by atoms with E-state index >= 15 is 0 Å². The third kappa shape index (κ3) is 4.09. The Labute approximate surface area is 122 Å². The van der Waals surface area contributed by atoms with Gasteiger partial charge in [0.2, 0.25) is 10.0 Å². The van der Waals surface area contributed by atoms with Crippen molar-refractivity contribution in [3.63, 3.8) is 0 Å². The molecular formula is C12H16ClNO5S. The Morgan fingerprint density at radius 1 is 1.50 bits per heavy atom. The first-order chi connectivity index (χ1) is 9.31. The van der Waals surface area contributed by atoms with Gasteiger partial charge in [0, 0.05) is 6.07 Å². The first-order valence-electron chi connectivity index (χ1n) is 5.90. The van der Waals surface area contributed by atoms with Crippen LogP contribution in [0.4, 0.5) is 0 Å². The van der Waals surface area contributed by atoms with Gasteiger partial charge in [0.25, 0.3) is 0 Å². The van der Waals surface area contributed by atoms with Crippen LogP contribution in [0.2, 0.25) is 5.02 Å². The Morgan fingerprint density at radius 2 is 2.15 bits per heavy atom. The quantitative estimate of drug-likeness (QED) is 0.800. The maximum absolute atomic E-state index is 12.1. The van der Waals surface area contributed by atoms with E-state index in [-0.39, 0.29) is 16.3 Å². The predicted molar refractivity (Wildman–Crippen MR) is 74.7 cm³/mol. The van der Waals surface area contributed by atoms with Gasteiger partial charge < -0.3 is 9.84 Å². The molecule has 0 spiro atoms. The minimum absolute atomic E-state index is 0.0301. The van der Waals surface area contributed by atoms with E-state index in [2.05, 4.69) is 4.72 Å². The molecule has 1 unspecified atom stereocenters. The fourth-order valence-electron chi connectivity index (χ4n) is 1.60. The smallest absolute Gasteiger partial charge is 0.321 e. The van der Waals surface area contributed by atoms with E-state index in [4.69, 9.17) is 21.4 Å². The molecule has 0 aliphatic heterocycles. The first-order valence-corrected chi connectivity index (χ1v) is 7.76. The number of carboxylic acids is 1. The number of carboxylic acid groups (broad SMARTS) is 1. The maximum Gasteiger partial charge on any atom is 0.321 e. The lowest BCUT2D eigenvalue weighted by molar-refractivity contribution is -0.139. The Bertz CT molecular complexity index is 588. The first kappa shape index (κ1) is 16.7. The highest BCUT2D eigenvalue weighted by atomic mass is 35.5. The number of ether oxygens (including phenoxy) is 1. The molecule has 0 aliphatic rings. The fraction of sp³-hybridized carbons (Fsp3) is 0.417. The zero-order valence-corrected chi connectivity index (χ0v) is 12.7. The summed E-state index contributed by atoms with van der Waals surface area (Å²) in [6.07, 6.45) is 0.734. The van der Waals surface area contributed by atoms with Gasteiger partial charge in [0.15, 0.2) is 0 Å². The zero-order chi connectivity index (χ0) is 15.3. The summed E-state index contributed by atoms with van der Waals surface area (Å²) in [5, 5.41) is 8.96. The maximum atomic E-state index is 12.1. The molecule has 8 heteroatoms. The third-order valence-electron chi connectivity index (χ3n) is 2.60. The van der Waals surface area contributed by atoms with Crippen molar-refractivity contribution in [2.24, 2.45) is 0 Å². The second-order valence-corrected chi connectivity index (χ2v) is 6.19. The summed E-state index contributed by atoms with van der Waals surface area (Å²) >= 11 is 5.89. The van der Waals surface area contributed by atoms with Gasteiger partial charge in [-0.25, -0.2) is 8.42 Å². The molecule has 0 saturated carbocycles. The molecule has 20 heavy (non-hydrogen) atoms. The minimum atomic E-state index is -4.00. The number of carbonyl (C=O) groups is 1. The van der Waals surface area contributed by atoms with E-state index < -0.39 is 22.0 Å². The molecular weight excluding hydrogens is 306 g/mol. The summed E-state index contributed by atoms with van der Waals surface area (Å²) < 4.78 is 31.3. The van der Waals surface area contributed by atoms with Crippen LogP contribution in [-0.2, 0) is 14.8 Å². The normalized spacial score (nSPS) is 12.9. The molecule has 1 aromatic carbocycles. The Balaban J connectivity index is 3.07. The minimum Gasteiger partial charge on any atom is -0.497 e. The molecule has 0 bridgehead atoms. The average molecular weight is 322 g/mol. The number of hydrogen-bond donors (Lipinski definition) is 2. The summed E-state index contributed by atoms with van der Waals surface area (Å²) in [5.74, 6) is -0.808. The standard InChI is InChI=1S/C12H16ClNO5S/c1-3-4-10(12(15)16)14-20(17,18)11-6-5-8(19-2)7-9(11)13/h5-7,10,14H,3-4H2,1-2H3,(H,15,16). The predicted octanol–water partition coefficient (Wildman–Crippen LogP) is 1.88. The van der Waals surface area contributed by atoms with Crippen molar-refractivity contribution < 1.29 is 23.1 Å². The van der Waals surface area contributed by atoms with Gasteiger partial charge in [-0.05, 0) is 18.6 Å². The van der Waals surface area contributed by atoms with Gasteiger partial charge in [-0.2, -0.15) is 4.72 Å². The topological polar surface area (TPSA) is 92.7 Å². The van der Waals surface area contributed by atoms with Crippen LogP contribution in [0.15, 0.2) is 23.1 Å². The van der Waals surface area contributed by atoms with E-state index in [1.54, 1.807) is 6.92 Å². The summed E-state index contributed by atoms with van der Waals surface area (Å²) in [5.41, 5.74) is 0. The van der Waals surface area contributed by atoms with E-state index in [9.17, 15) is 13.2 Å². The highest BCUT2D eigenvalue weighted by Gasteiger charge is 2.26. The van der Waals surface area contributed by atoms with Gasteiger partial charge in [0.1, 0.15) is 16.7 Å². The van der Waals surface area contributed by atoms with Gasteiger partial charge in [0.05, 0.1) is 12.1 Å². The molecule has 0 radical (unpaired) electrons. The third-order valence-corrected chi connectivity index (χ3v) is 4.56. The van der Waals surface area contributed by atoms with Crippen LogP contribution in [0.1, 0.15) is 19.8 Å². The van der Waals surface area contributed by atoms with Crippen molar-refractivity contribution in [3.05, 3.63) is 23.2 Å². The van der Waals surface area contributed by atoms with Crippen molar-refractivity contribution >= 4 is 27.6 Å². The Kier molecular flexibility index (Phi) is 5.79. The summed E-state index contributed by atoms with van der Waals surface area (Å²) in [6.45, 7) is 1.77. The van der Waals surface area contributed by atoms with E-state index in [1.807, 2.05) is 0 Å². The second-order valence-electron chi connectivity index (χ2n) is 4.10. The van der Waals surface area contributed by atoms with Crippen LogP contribution in [0.3, 0.4) is 0 Å². The largest absolute Gasteiger partial charge is 0.497 e. The van der Waals surface area contributed by atoms with Crippen LogP contribution < -0.4 is 9.46 Å². The van der Waals surface area contributed by atoms with E-state index in [0.29, 0.717) is 12.2 Å². The second kappa shape index (κ2) is 6.92. The lowest BCUT2D eigenvalue weighted by Crippen LogP contribution is -2.40. The average Bonchev–Trinajstić information content (AvgIpc) is 2.37. The molecule has 1 aromatic rings. The summed E-state index contributed by atoms with van der Waals surface area (Å²) in [6, 6.07) is 2.89. The lowest BCUT2D eigenvalue weighted by Gasteiger charge is -2.15. The highest BCUT2D eigenvalue weighted by Crippen LogP contribution is 2.26. The van der Waals surface area contributed by atoms with Crippen molar-refractivity contribution in [2.45, 2.75) is 30.7 Å². The van der Waals surface area contributed by atoms with E-state index in [0.717, 1.165) is 0 Å². The van der Waals surface area contributed by atoms with Gasteiger partial charge >= 0.3 is 5.97 Å². The number of nitrogens with one attached hydrogen (secondary N) is 1. The summed E-state index contributed by atoms with van der Waals surface area (Å²) in [7, 11) is -2.57. The van der Waals surface area contributed by atoms with Crippen molar-refractivity contribution in [1.82, 2.24) is 4.72 Å². The number of halogens is 1. The molecule has 6 nitrogen and oxygen atoms in total. The van der Waals surface area contributed by atoms with Crippen LogP contribution in [0.5, 0.6) is 5.75 Å². The molecule has 2 N–H and O–H groups in total. The summed E-state index contributed by atoms with van der Waals surface area (Å²) in [4.78, 5) is 10.8. The number of aliphatic carboxylic acids is 1.